The minimum absolute atomic E-state index is 0.258. The van der Waals surface area contributed by atoms with Crippen LogP contribution < -0.4 is 4.90 Å². The molecule has 0 N–H and O–H groups in total. The summed E-state index contributed by atoms with van der Waals surface area (Å²) < 4.78 is 13.0. The van der Waals surface area contributed by atoms with E-state index < -0.39 is 0 Å². The molecule has 0 fully saturated rings. The SMILES string of the molecule is CN(Cc1cccc(F)c1)c1cnc(C#N)cn1. The molecule has 0 amide bonds. The van der Waals surface area contributed by atoms with Gasteiger partial charge in [-0.15, -0.1) is 0 Å². The summed E-state index contributed by atoms with van der Waals surface area (Å²) in [6.07, 6.45) is 2.94. The van der Waals surface area contributed by atoms with Gasteiger partial charge >= 0.3 is 0 Å². The molecule has 0 atom stereocenters. The lowest BCUT2D eigenvalue weighted by molar-refractivity contribution is 0.625. The van der Waals surface area contributed by atoms with Crippen LogP contribution in [0.15, 0.2) is 36.7 Å². The van der Waals surface area contributed by atoms with Crippen LogP contribution in [0.5, 0.6) is 0 Å². The number of nitrogens with zero attached hydrogens (tertiary/aromatic N) is 4. The van der Waals surface area contributed by atoms with Gasteiger partial charge in [-0.3, -0.25) is 0 Å². The van der Waals surface area contributed by atoms with Crippen LogP contribution in [0.3, 0.4) is 0 Å². The molecule has 1 heterocycles. The van der Waals surface area contributed by atoms with Crippen molar-refractivity contribution in [2.45, 2.75) is 6.54 Å². The number of rotatable bonds is 3. The third kappa shape index (κ3) is 2.80. The second kappa shape index (κ2) is 5.23. The first-order valence-electron chi connectivity index (χ1n) is 5.37. The summed E-state index contributed by atoms with van der Waals surface area (Å²) in [4.78, 5) is 9.89. The quantitative estimate of drug-likeness (QED) is 0.827. The number of anilines is 1. The second-order valence-corrected chi connectivity index (χ2v) is 3.86. The monoisotopic (exact) mass is 242 g/mol. The summed E-state index contributed by atoms with van der Waals surface area (Å²) in [7, 11) is 1.83. The van der Waals surface area contributed by atoms with Gasteiger partial charge < -0.3 is 4.90 Å². The Bertz CT molecular complexity index is 574. The maximum Gasteiger partial charge on any atom is 0.158 e. The van der Waals surface area contributed by atoms with Gasteiger partial charge in [-0.2, -0.15) is 5.26 Å². The van der Waals surface area contributed by atoms with E-state index >= 15 is 0 Å². The van der Waals surface area contributed by atoms with E-state index in [9.17, 15) is 4.39 Å². The zero-order valence-electron chi connectivity index (χ0n) is 9.84. The largest absolute Gasteiger partial charge is 0.354 e. The van der Waals surface area contributed by atoms with E-state index in [0.717, 1.165) is 5.56 Å². The molecule has 0 saturated carbocycles. The Hall–Kier alpha value is -2.48. The van der Waals surface area contributed by atoms with Crippen molar-refractivity contribution in [1.29, 1.82) is 5.26 Å². The van der Waals surface area contributed by atoms with Crippen LogP contribution in [-0.4, -0.2) is 17.0 Å². The third-order valence-corrected chi connectivity index (χ3v) is 2.45. The van der Waals surface area contributed by atoms with Gasteiger partial charge in [0.1, 0.15) is 17.7 Å². The van der Waals surface area contributed by atoms with Crippen molar-refractivity contribution in [3.8, 4) is 6.07 Å². The smallest absolute Gasteiger partial charge is 0.158 e. The first kappa shape index (κ1) is 12.0. The summed E-state index contributed by atoms with van der Waals surface area (Å²) in [6, 6.07) is 8.31. The van der Waals surface area contributed by atoms with Crippen LogP contribution in [0.25, 0.3) is 0 Å². The Labute approximate surface area is 104 Å². The Morgan fingerprint density at radius 2 is 2.17 bits per heavy atom. The molecule has 5 heteroatoms. The molecule has 2 rings (SSSR count). The molecule has 0 aliphatic rings. The van der Waals surface area contributed by atoms with Crippen molar-refractivity contribution in [3.63, 3.8) is 0 Å². The highest BCUT2D eigenvalue weighted by molar-refractivity contribution is 5.37. The van der Waals surface area contributed by atoms with Gasteiger partial charge in [0.25, 0.3) is 0 Å². The fraction of sp³-hybridized carbons (Fsp3) is 0.154. The second-order valence-electron chi connectivity index (χ2n) is 3.86. The van der Waals surface area contributed by atoms with Crippen molar-refractivity contribution in [1.82, 2.24) is 9.97 Å². The van der Waals surface area contributed by atoms with Crippen molar-refractivity contribution in [3.05, 3.63) is 53.7 Å². The highest BCUT2D eigenvalue weighted by Crippen LogP contribution is 2.12. The molecule has 1 aromatic heterocycles. The first-order chi connectivity index (χ1) is 8.69. The standard InChI is InChI=1S/C13H11FN4/c1-18(9-10-3-2-4-11(14)5-10)13-8-16-12(6-15)7-17-13/h2-5,7-8H,9H2,1H3. The van der Waals surface area contributed by atoms with Crippen LogP contribution in [0, 0.1) is 17.1 Å². The molecule has 0 bridgehead atoms. The lowest BCUT2D eigenvalue weighted by Crippen LogP contribution is -2.18. The van der Waals surface area contributed by atoms with Gasteiger partial charge in [0.15, 0.2) is 5.69 Å². The summed E-state index contributed by atoms with van der Waals surface area (Å²) in [5.74, 6) is 0.380. The van der Waals surface area contributed by atoms with Gasteiger partial charge in [0.05, 0.1) is 12.4 Å². The predicted molar refractivity (Wildman–Crippen MR) is 65.3 cm³/mol. The number of aromatic nitrogens is 2. The number of halogens is 1. The van der Waals surface area contributed by atoms with E-state index in [1.807, 2.05) is 24.1 Å². The minimum Gasteiger partial charge on any atom is -0.354 e. The van der Waals surface area contributed by atoms with Crippen molar-refractivity contribution < 1.29 is 4.39 Å². The fourth-order valence-electron chi connectivity index (χ4n) is 1.57. The molecule has 0 saturated heterocycles. The zero-order chi connectivity index (χ0) is 13.0. The molecule has 0 radical (unpaired) electrons. The van der Waals surface area contributed by atoms with Crippen LogP contribution in [0.2, 0.25) is 0 Å². The van der Waals surface area contributed by atoms with Crippen molar-refractivity contribution in [2.24, 2.45) is 0 Å². The molecule has 1 aromatic carbocycles. The van der Waals surface area contributed by atoms with Gasteiger partial charge in [0, 0.05) is 13.6 Å². The summed E-state index contributed by atoms with van der Waals surface area (Å²) >= 11 is 0. The molecule has 0 spiro atoms. The van der Waals surface area contributed by atoms with E-state index in [4.69, 9.17) is 5.26 Å². The van der Waals surface area contributed by atoms with E-state index in [0.29, 0.717) is 12.4 Å². The third-order valence-electron chi connectivity index (χ3n) is 2.45. The van der Waals surface area contributed by atoms with Gasteiger partial charge in [-0.25, -0.2) is 14.4 Å². The lowest BCUT2D eigenvalue weighted by atomic mass is 10.2. The molecule has 0 aliphatic heterocycles. The van der Waals surface area contributed by atoms with Crippen LogP contribution in [-0.2, 0) is 6.54 Å². The molecule has 2 aromatic rings. The highest BCUT2D eigenvalue weighted by Gasteiger charge is 2.05. The summed E-state index contributed by atoms with van der Waals surface area (Å²) in [5.41, 5.74) is 1.13. The van der Waals surface area contributed by atoms with E-state index in [1.165, 1.54) is 24.5 Å². The van der Waals surface area contributed by atoms with Crippen molar-refractivity contribution >= 4 is 5.82 Å². The normalized spacial score (nSPS) is 9.83. The summed E-state index contributed by atoms with van der Waals surface area (Å²) in [5, 5.41) is 8.63. The maximum atomic E-state index is 13.0. The van der Waals surface area contributed by atoms with Crippen LogP contribution >= 0.6 is 0 Å². The number of hydrogen-bond donors (Lipinski definition) is 0. The fourth-order valence-corrected chi connectivity index (χ4v) is 1.57. The number of nitriles is 1. The molecule has 18 heavy (non-hydrogen) atoms. The highest BCUT2D eigenvalue weighted by atomic mass is 19.1. The Balaban J connectivity index is 2.12. The van der Waals surface area contributed by atoms with E-state index in [-0.39, 0.29) is 11.5 Å². The first-order valence-corrected chi connectivity index (χ1v) is 5.37. The Kier molecular flexibility index (Phi) is 3.49. The Morgan fingerprint density at radius 1 is 1.33 bits per heavy atom. The van der Waals surface area contributed by atoms with Crippen molar-refractivity contribution in [2.75, 3.05) is 11.9 Å². The lowest BCUT2D eigenvalue weighted by Gasteiger charge is -2.17. The molecule has 4 nitrogen and oxygen atoms in total. The molecule has 0 aliphatic carbocycles. The molecule has 90 valence electrons. The molecular weight excluding hydrogens is 231 g/mol. The average molecular weight is 242 g/mol. The zero-order valence-corrected chi connectivity index (χ0v) is 9.84. The average Bonchev–Trinajstić information content (AvgIpc) is 2.39. The van der Waals surface area contributed by atoms with Gasteiger partial charge in [-0.1, -0.05) is 12.1 Å². The molecular formula is C13H11FN4. The predicted octanol–water partition coefficient (Wildman–Crippen LogP) is 2.12. The van der Waals surface area contributed by atoms with Crippen LogP contribution in [0.4, 0.5) is 10.2 Å². The number of hydrogen-bond acceptors (Lipinski definition) is 4. The minimum atomic E-state index is -0.258. The van der Waals surface area contributed by atoms with Gasteiger partial charge in [0.2, 0.25) is 0 Å². The number of benzene rings is 1. The topological polar surface area (TPSA) is 52.8 Å². The summed E-state index contributed by atoms with van der Waals surface area (Å²) in [6.45, 7) is 0.526. The molecule has 0 unspecified atom stereocenters. The van der Waals surface area contributed by atoms with Crippen LogP contribution in [0.1, 0.15) is 11.3 Å². The van der Waals surface area contributed by atoms with Gasteiger partial charge in [-0.05, 0) is 17.7 Å². The Morgan fingerprint density at radius 3 is 2.78 bits per heavy atom. The van der Waals surface area contributed by atoms with E-state index in [1.54, 1.807) is 6.07 Å². The maximum absolute atomic E-state index is 13.0. The van der Waals surface area contributed by atoms with E-state index in [2.05, 4.69) is 9.97 Å².